The number of nitrogens with one attached hydrogen (secondary N) is 4. The number of benzene rings is 3. The summed E-state index contributed by atoms with van der Waals surface area (Å²) in [6.45, 7) is 3.04. The van der Waals surface area contributed by atoms with E-state index in [1.165, 1.54) is 36.5 Å². The molecular formula is C49H57N7O14S. The number of hydrogen-bond acceptors (Lipinski definition) is 17. The van der Waals surface area contributed by atoms with Crippen molar-refractivity contribution < 1.29 is 67.1 Å². The number of rotatable bonds is 25. The van der Waals surface area contributed by atoms with Crippen LogP contribution in [0.4, 0.5) is 5.82 Å². The molecular weight excluding hydrogens is 943 g/mol. The Morgan fingerprint density at radius 1 is 0.845 bits per heavy atom. The highest BCUT2D eigenvalue weighted by Crippen LogP contribution is 2.37. The summed E-state index contributed by atoms with van der Waals surface area (Å²) in [7, 11) is -4.52. The monoisotopic (exact) mass is 999 g/mol. The van der Waals surface area contributed by atoms with Gasteiger partial charge in [-0.2, -0.15) is 13.5 Å². The average molecular weight is 1000 g/mol. The molecule has 0 saturated heterocycles. The van der Waals surface area contributed by atoms with E-state index in [0.717, 1.165) is 28.6 Å². The summed E-state index contributed by atoms with van der Waals surface area (Å²) in [5, 5.41) is 60.8. The Kier molecular flexibility index (Phi) is 18.5. The third-order valence-electron chi connectivity index (χ3n) is 11.3. The number of hydrazone groups is 1. The summed E-state index contributed by atoms with van der Waals surface area (Å²) in [6.07, 6.45) is -3.72. The number of hydrogen-bond donors (Lipinski definition) is 10. The van der Waals surface area contributed by atoms with Crippen molar-refractivity contribution in [2.24, 2.45) is 10.5 Å². The van der Waals surface area contributed by atoms with Gasteiger partial charge in [-0.05, 0) is 72.2 Å². The highest BCUT2D eigenvalue weighted by Gasteiger charge is 2.32. The molecule has 6 rings (SSSR count). The maximum absolute atomic E-state index is 13.7. The summed E-state index contributed by atoms with van der Waals surface area (Å²) in [4.78, 5) is 48.9. The molecule has 0 radical (unpaired) electrons. The van der Waals surface area contributed by atoms with Crippen LogP contribution < -0.4 is 35.6 Å². The van der Waals surface area contributed by atoms with Crippen molar-refractivity contribution in [1.29, 1.82) is 0 Å². The van der Waals surface area contributed by atoms with Crippen molar-refractivity contribution in [2.45, 2.75) is 74.9 Å². The van der Waals surface area contributed by atoms with Crippen molar-refractivity contribution >= 4 is 39.9 Å². The second-order valence-corrected chi connectivity index (χ2v) is 18.7. The fourth-order valence-electron chi connectivity index (χ4n) is 7.19. The molecule has 1 aliphatic rings. The summed E-state index contributed by atoms with van der Waals surface area (Å²) in [5.74, 6) is -0.404. The lowest BCUT2D eigenvalue weighted by atomic mass is 9.87. The lowest BCUT2D eigenvalue weighted by molar-refractivity contribution is -0.130. The van der Waals surface area contributed by atoms with Crippen LogP contribution in [0.2, 0.25) is 0 Å². The van der Waals surface area contributed by atoms with Gasteiger partial charge in [0.25, 0.3) is 16.0 Å². The first-order chi connectivity index (χ1) is 33.9. The minimum atomic E-state index is -4.52. The molecule has 0 unspecified atom stereocenters. The zero-order valence-corrected chi connectivity index (χ0v) is 39.7. The number of aliphatic hydroxyl groups is 5. The molecule has 5 aromatic rings. The topological polar surface area (TPSA) is 321 Å². The second kappa shape index (κ2) is 24.7. The minimum Gasteiger partial charge on any atom is -0.478 e. The molecule has 21 nitrogen and oxygen atoms in total. The van der Waals surface area contributed by atoms with E-state index in [9.17, 15) is 47.8 Å². The van der Waals surface area contributed by atoms with Crippen LogP contribution >= 0.6 is 0 Å². The summed E-state index contributed by atoms with van der Waals surface area (Å²) >= 11 is 0. The van der Waals surface area contributed by atoms with Gasteiger partial charge in [-0.1, -0.05) is 68.4 Å². The Morgan fingerprint density at radius 3 is 2.31 bits per heavy atom. The van der Waals surface area contributed by atoms with Gasteiger partial charge < -0.3 is 55.7 Å². The van der Waals surface area contributed by atoms with Crippen molar-refractivity contribution in [1.82, 2.24) is 25.9 Å². The number of unbranched alkanes of at least 4 members (excludes halogenated alkanes) is 1. The Labute approximate surface area is 409 Å². The second-order valence-electron chi connectivity index (χ2n) is 17.3. The van der Waals surface area contributed by atoms with Crippen LogP contribution in [0.25, 0.3) is 22.4 Å². The van der Waals surface area contributed by atoms with Gasteiger partial charge in [-0.25, -0.2) is 9.97 Å². The first-order valence-corrected chi connectivity index (χ1v) is 23.9. The Morgan fingerprint density at radius 2 is 1.58 bits per heavy atom. The molecule has 3 amide bonds. The number of nitrogens with zero attached hydrogens (tertiary/aromatic N) is 3. The van der Waals surface area contributed by atoms with Gasteiger partial charge in [0.05, 0.1) is 43.2 Å². The third-order valence-corrected chi connectivity index (χ3v) is 12.2. The van der Waals surface area contributed by atoms with Gasteiger partial charge in [-0.3, -0.25) is 24.4 Å². The number of anilines is 1. The maximum Gasteiger partial charge on any atom is 0.295 e. The zero-order valence-electron chi connectivity index (χ0n) is 38.8. The number of amides is 3. The number of carbonyl (C=O) groups excluding carboxylic acids is 3. The molecule has 378 valence electrons. The fraction of sp³-hybridized carbons (Fsp3) is 0.347. The van der Waals surface area contributed by atoms with Crippen LogP contribution in [0.3, 0.4) is 0 Å². The fourth-order valence-corrected chi connectivity index (χ4v) is 7.86. The third kappa shape index (κ3) is 15.5. The van der Waals surface area contributed by atoms with Gasteiger partial charge in [0.15, 0.2) is 11.5 Å². The van der Waals surface area contributed by atoms with Crippen molar-refractivity contribution in [3.8, 4) is 39.8 Å². The lowest BCUT2D eigenvalue weighted by Gasteiger charge is -2.27. The van der Waals surface area contributed by atoms with E-state index in [4.69, 9.17) is 24.3 Å². The van der Waals surface area contributed by atoms with E-state index in [-0.39, 0.29) is 35.2 Å². The lowest BCUT2D eigenvalue weighted by Crippen LogP contribution is -2.52. The molecule has 0 aliphatic carbocycles. The predicted molar refractivity (Wildman–Crippen MR) is 259 cm³/mol. The molecule has 3 aromatic carbocycles. The van der Waals surface area contributed by atoms with Crippen LogP contribution in [0, 0.1) is 5.41 Å². The van der Waals surface area contributed by atoms with Crippen LogP contribution in [0.1, 0.15) is 55.5 Å². The van der Waals surface area contributed by atoms with Crippen LogP contribution in [0.5, 0.6) is 17.4 Å². The number of aliphatic hydroxyl groups excluding tert-OH is 5. The zero-order chi connectivity index (χ0) is 51.1. The average Bonchev–Trinajstić information content (AvgIpc) is 3.85. The van der Waals surface area contributed by atoms with E-state index in [1.54, 1.807) is 6.07 Å². The van der Waals surface area contributed by atoms with Gasteiger partial charge >= 0.3 is 0 Å². The van der Waals surface area contributed by atoms with E-state index in [2.05, 4.69) is 31.5 Å². The highest BCUT2D eigenvalue weighted by molar-refractivity contribution is 7.86. The van der Waals surface area contributed by atoms with E-state index < -0.39 is 83.3 Å². The van der Waals surface area contributed by atoms with Gasteiger partial charge in [-0.15, -0.1) is 0 Å². The van der Waals surface area contributed by atoms with Crippen molar-refractivity contribution in [2.75, 3.05) is 38.5 Å². The van der Waals surface area contributed by atoms with Crippen LogP contribution in [-0.4, -0.2) is 136 Å². The summed E-state index contributed by atoms with van der Waals surface area (Å²) < 4.78 is 50.2. The van der Waals surface area contributed by atoms with E-state index in [1.807, 2.05) is 74.5 Å². The van der Waals surface area contributed by atoms with Gasteiger partial charge in [0.2, 0.25) is 24.5 Å². The molecule has 3 heterocycles. The molecule has 1 aliphatic heterocycles. The molecule has 5 atom stereocenters. The Bertz CT molecular complexity index is 2750. The molecule has 0 fully saturated rings. The molecule has 0 saturated carbocycles. The Hall–Kier alpha value is -7.05. The largest absolute Gasteiger partial charge is 0.478 e. The van der Waals surface area contributed by atoms with Crippen molar-refractivity contribution in [3.05, 3.63) is 114 Å². The number of carbonyl (C=O) groups is 3. The molecule has 71 heavy (non-hydrogen) atoms. The van der Waals surface area contributed by atoms with Gasteiger partial charge in [0.1, 0.15) is 35.1 Å². The molecule has 10 N–H and O–H groups in total. The number of fused-ring (bicyclic) bond motifs is 1. The first kappa shape index (κ1) is 53.3. The van der Waals surface area contributed by atoms with E-state index >= 15 is 0 Å². The maximum atomic E-state index is 13.7. The molecule has 2 aromatic heterocycles. The smallest absolute Gasteiger partial charge is 0.295 e. The molecule has 0 bridgehead atoms. The van der Waals surface area contributed by atoms with Crippen LogP contribution in [-0.2, 0) is 19.7 Å². The minimum absolute atomic E-state index is 0.0156. The molecule has 0 spiro atoms. The number of ether oxygens (including phenoxy) is 3. The first-order valence-electron chi connectivity index (χ1n) is 22.5. The van der Waals surface area contributed by atoms with E-state index in [0.29, 0.717) is 43.2 Å². The SMILES string of the molecule is CC(C)(CCCCOc1cc(-c2ccc3c(c2)OCO3)cc(-c2ccccc2)n1)CNC(=O)[C@H](CC(=O)NC[C@H](O)[C@@H](O)[C@H](O)[C@H](O)CO)NC(=O)c1ccc(N/N=C/c2ccccc2S(=O)(=O)O)nc1. The summed E-state index contributed by atoms with van der Waals surface area (Å²) in [6, 6.07) is 26.2. The summed E-state index contributed by atoms with van der Waals surface area (Å²) in [5.41, 5.74) is 5.66. The van der Waals surface area contributed by atoms with Crippen molar-refractivity contribution in [3.63, 3.8) is 0 Å². The number of aromatic nitrogens is 2. The standard InChI is InChI=1S/C49H57N7O14S/c1-49(2,18-8-9-19-68-44-22-34(20-35(54-44)30-10-4-3-5-11-30)31-14-16-39-40(21-31)70-29-69-39)28-52-48(64)36(23-43(60)51-26-37(58)45(61)46(62)38(59)27-57)55-47(63)33-15-17-42(50-24-33)56-53-25-32-12-6-7-13-41(32)71(65,66)67/h3-7,10-17,20-22,24-25,36-38,45-46,57-59,61-62H,8-9,18-19,23,26-29H2,1-2H3,(H,50,56)(H,51,60)(H,52,64)(H,55,63)(H,65,66,67)/b53-25+/t36-,37-,38+,45+,46+/m0/s1. The van der Waals surface area contributed by atoms with Gasteiger partial charge in [0, 0.05) is 36.5 Å². The predicted octanol–water partition coefficient (Wildman–Crippen LogP) is 2.66. The highest BCUT2D eigenvalue weighted by atomic mass is 32.2. The normalized spacial score (nSPS) is 14.5. The molecule has 22 heteroatoms. The number of pyridine rings is 2. The quantitative estimate of drug-likeness (QED) is 0.0174. The van der Waals surface area contributed by atoms with Crippen LogP contribution in [0.15, 0.2) is 113 Å². The Balaban J connectivity index is 1.05.